The van der Waals surface area contributed by atoms with Crippen LogP contribution in [0.3, 0.4) is 0 Å². The van der Waals surface area contributed by atoms with Crippen molar-refractivity contribution in [2.45, 2.75) is 25.3 Å². The van der Waals surface area contributed by atoms with Gasteiger partial charge in [-0.15, -0.1) is 0 Å². The minimum atomic E-state index is -0.268. The summed E-state index contributed by atoms with van der Waals surface area (Å²) >= 11 is 11.8. The lowest BCUT2D eigenvalue weighted by Crippen LogP contribution is -2.31. The van der Waals surface area contributed by atoms with Crippen molar-refractivity contribution < 1.29 is 4.79 Å². The minimum Gasteiger partial charge on any atom is -0.338 e. The lowest BCUT2D eigenvalue weighted by atomic mass is 10.3. The molecule has 1 fully saturated rings. The number of halogens is 2. The Morgan fingerprint density at radius 3 is 2.79 bits per heavy atom. The van der Waals surface area contributed by atoms with E-state index in [1.807, 2.05) is 0 Å². The average molecular weight is 302 g/mol. The van der Waals surface area contributed by atoms with Crippen LogP contribution in [0, 0.1) is 0 Å². The highest BCUT2D eigenvalue weighted by Crippen LogP contribution is 2.25. The van der Waals surface area contributed by atoms with Gasteiger partial charge in [0, 0.05) is 17.6 Å². The Morgan fingerprint density at radius 2 is 2.05 bits per heavy atom. The topological polar surface area (TPSA) is 53.2 Å². The number of carbonyl (C=O) groups is 1. The normalized spacial score (nSPS) is 14.2. The predicted molar refractivity (Wildman–Crippen MR) is 79.1 cm³/mol. The smallest absolute Gasteiger partial charge is 0.319 e. The van der Waals surface area contributed by atoms with E-state index in [1.54, 1.807) is 18.2 Å². The Hall–Kier alpha value is -0.970. The quantitative estimate of drug-likeness (QED) is 0.707. The zero-order valence-corrected chi connectivity index (χ0v) is 12.0. The summed E-state index contributed by atoms with van der Waals surface area (Å²) in [5.74, 6) is 0. The molecule has 2 amide bonds. The molecule has 0 heterocycles. The van der Waals surface area contributed by atoms with Gasteiger partial charge in [-0.05, 0) is 44.0 Å². The average Bonchev–Trinajstić information content (AvgIpc) is 3.17. The van der Waals surface area contributed by atoms with Gasteiger partial charge < -0.3 is 16.0 Å². The highest BCUT2D eigenvalue weighted by Gasteiger charge is 2.19. The molecule has 0 aliphatic heterocycles. The van der Waals surface area contributed by atoms with E-state index in [0.29, 0.717) is 28.3 Å². The van der Waals surface area contributed by atoms with Crippen molar-refractivity contribution in [3.8, 4) is 0 Å². The van der Waals surface area contributed by atoms with E-state index in [-0.39, 0.29) is 6.03 Å². The molecule has 1 aliphatic carbocycles. The zero-order chi connectivity index (χ0) is 13.7. The molecule has 0 saturated heterocycles. The minimum absolute atomic E-state index is 0.268. The molecule has 1 aromatic carbocycles. The van der Waals surface area contributed by atoms with Crippen molar-refractivity contribution in [1.82, 2.24) is 10.6 Å². The van der Waals surface area contributed by atoms with Gasteiger partial charge in [0.15, 0.2) is 0 Å². The molecule has 0 radical (unpaired) electrons. The van der Waals surface area contributed by atoms with Crippen LogP contribution in [-0.2, 0) is 0 Å². The third kappa shape index (κ3) is 5.27. The molecular formula is C13H17Cl2N3O. The largest absolute Gasteiger partial charge is 0.338 e. The van der Waals surface area contributed by atoms with Crippen LogP contribution in [0.25, 0.3) is 0 Å². The molecule has 0 spiro atoms. The van der Waals surface area contributed by atoms with Gasteiger partial charge in [-0.3, -0.25) is 0 Å². The van der Waals surface area contributed by atoms with Gasteiger partial charge in [-0.25, -0.2) is 4.79 Å². The second-order valence-electron chi connectivity index (χ2n) is 4.59. The molecule has 19 heavy (non-hydrogen) atoms. The molecule has 1 saturated carbocycles. The fourth-order valence-corrected chi connectivity index (χ4v) is 1.98. The summed E-state index contributed by atoms with van der Waals surface area (Å²) in [7, 11) is 0. The number of amides is 2. The molecule has 0 atom stereocenters. The Labute approximate surface area is 122 Å². The first-order chi connectivity index (χ1) is 9.15. The maximum Gasteiger partial charge on any atom is 0.319 e. The number of urea groups is 1. The first-order valence-corrected chi connectivity index (χ1v) is 7.14. The first-order valence-electron chi connectivity index (χ1n) is 6.38. The lowest BCUT2D eigenvalue weighted by molar-refractivity contribution is 0.252. The number of nitrogens with one attached hydrogen (secondary N) is 3. The summed E-state index contributed by atoms with van der Waals surface area (Å²) < 4.78 is 0. The summed E-state index contributed by atoms with van der Waals surface area (Å²) in [4.78, 5) is 11.6. The van der Waals surface area contributed by atoms with Gasteiger partial charge in [-0.1, -0.05) is 23.2 Å². The van der Waals surface area contributed by atoms with E-state index >= 15 is 0 Å². The highest BCUT2D eigenvalue weighted by atomic mass is 35.5. The van der Waals surface area contributed by atoms with E-state index in [1.165, 1.54) is 12.8 Å². The fraction of sp³-hybridized carbons (Fsp3) is 0.462. The Bertz CT molecular complexity index is 450. The molecule has 4 nitrogen and oxygen atoms in total. The molecule has 3 N–H and O–H groups in total. The lowest BCUT2D eigenvalue weighted by Gasteiger charge is -2.09. The van der Waals surface area contributed by atoms with Gasteiger partial charge in [0.25, 0.3) is 0 Å². The molecule has 0 aromatic heterocycles. The molecule has 0 bridgehead atoms. The second kappa shape index (κ2) is 6.98. The Balaban J connectivity index is 1.66. The highest BCUT2D eigenvalue weighted by molar-refractivity contribution is 6.35. The van der Waals surface area contributed by atoms with Gasteiger partial charge in [0.2, 0.25) is 0 Å². The summed E-state index contributed by atoms with van der Waals surface area (Å²) in [6.45, 7) is 1.56. The first kappa shape index (κ1) is 14.4. The third-order valence-corrected chi connectivity index (χ3v) is 3.39. The molecule has 1 aromatic rings. The number of benzene rings is 1. The number of rotatable bonds is 6. The molecule has 104 valence electrons. The molecule has 0 unspecified atom stereocenters. The molecule has 1 aliphatic rings. The van der Waals surface area contributed by atoms with Gasteiger partial charge >= 0.3 is 6.03 Å². The molecular weight excluding hydrogens is 285 g/mol. The number of anilines is 1. The van der Waals surface area contributed by atoms with Crippen LogP contribution < -0.4 is 16.0 Å². The van der Waals surface area contributed by atoms with Crippen LogP contribution in [0.5, 0.6) is 0 Å². The van der Waals surface area contributed by atoms with Gasteiger partial charge in [0.05, 0.1) is 10.7 Å². The molecule has 2 rings (SSSR count). The van der Waals surface area contributed by atoms with E-state index in [0.717, 1.165) is 13.0 Å². The summed E-state index contributed by atoms with van der Waals surface area (Å²) in [6.07, 6.45) is 3.47. The number of hydrogen-bond acceptors (Lipinski definition) is 2. The van der Waals surface area contributed by atoms with Crippen LogP contribution in [-0.4, -0.2) is 25.2 Å². The maximum atomic E-state index is 11.6. The monoisotopic (exact) mass is 301 g/mol. The Morgan fingerprint density at radius 1 is 1.26 bits per heavy atom. The predicted octanol–water partition coefficient (Wildman–Crippen LogP) is 3.26. The standard InChI is InChI=1S/C13H17Cl2N3O/c14-9-2-5-11(15)12(8-9)18-13(19)17-7-1-6-16-10-3-4-10/h2,5,8,10,16H,1,3-4,6-7H2,(H2,17,18,19). The van der Waals surface area contributed by atoms with Crippen molar-refractivity contribution in [2.24, 2.45) is 0 Å². The number of carbonyl (C=O) groups excluding carboxylic acids is 1. The van der Waals surface area contributed by atoms with Crippen LogP contribution in [0.4, 0.5) is 10.5 Å². The van der Waals surface area contributed by atoms with Crippen molar-refractivity contribution >= 4 is 34.9 Å². The van der Waals surface area contributed by atoms with Crippen LogP contribution in [0.1, 0.15) is 19.3 Å². The van der Waals surface area contributed by atoms with Crippen molar-refractivity contribution in [3.05, 3.63) is 28.2 Å². The second-order valence-corrected chi connectivity index (χ2v) is 5.43. The fourth-order valence-electron chi connectivity index (χ4n) is 1.64. The van der Waals surface area contributed by atoms with Crippen LogP contribution >= 0.6 is 23.2 Å². The van der Waals surface area contributed by atoms with Gasteiger partial charge in [-0.2, -0.15) is 0 Å². The SMILES string of the molecule is O=C(NCCCNC1CC1)Nc1cc(Cl)ccc1Cl. The van der Waals surface area contributed by atoms with E-state index < -0.39 is 0 Å². The zero-order valence-electron chi connectivity index (χ0n) is 10.5. The maximum absolute atomic E-state index is 11.6. The summed E-state index contributed by atoms with van der Waals surface area (Å²) in [6, 6.07) is 5.39. The molecule has 6 heteroatoms. The van der Waals surface area contributed by atoms with Crippen LogP contribution in [0.15, 0.2) is 18.2 Å². The summed E-state index contributed by atoms with van der Waals surface area (Å²) in [5.41, 5.74) is 0.516. The van der Waals surface area contributed by atoms with Crippen LogP contribution in [0.2, 0.25) is 10.0 Å². The van der Waals surface area contributed by atoms with E-state index in [9.17, 15) is 4.79 Å². The number of hydrogen-bond donors (Lipinski definition) is 3. The van der Waals surface area contributed by atoms with Crippen molar-refractivity contribution in [2.75, 3.05) is 18.4 Å². The van der Waals surface area contributed by atoms with Crippen molar-refractivity contribution in [1.29, 1.82) is 0 Å². The summed E-state index contributed by atoms with van der Waals surface area (Å²) in [5, 5.41) is 9.85. The van der Waals surface area contributed by atoms with Gasteiger partial charge in [0.1, 0.15) is 0 Å². The Kier molecular flexibility index (Phi) is 5.31. The van der Waals surface area contributed by atoms with E-state index in [4.69, 9.17) is 23.2 Å². The third-order valence-electron chi connectivity index (χ3n) is 2.83. The van der Waals surface area contributed by atoms with Crippen molar-refractivity contribution in [3.63, 3.8) is 0 Å². The van der Waals surface area contributed by atoms with E-state index in [2.05, 4.69) is 16.0 Å².